The summed E-state index contributed by atoms with van der Waals surface area (Å²) < 4.78 is 37.3. The van der Waals surface area contributed by atoms with E-state index in [0.717, 1.165) is 0 Å². The summed E-state index contributed by atoms with van der Waals surface area (Å²) in [5.41, 5.74) is 0.203. The monoisotopic (exact) mass is 322 g/mol. The van der Waals surface area contributed by atoms with Gasteiger partial charge in [-0.3, -0.25) is 4.79 Å². The number of hydrogen-bond donors (Lipinski definition) is 1. The third-order valence-electron chi connectivity index (χ3n) is 3.56. The maximum Gasteiger partial charge on any atom is 0.414 e. The van der Waals surface area contributed by atoms with Crippen molar-refractivity contribution in [1.29, 1.82) is 0 Å². The molecular weight excluding hydrogens is 309 g/mol. The number of likely N-dealkylation sites (tertiary alicyclic amines) is 1. The van der Waals surface area contributed by atoms with Crippen LogP contribution in [0.15, 0.2) is 18.3 Å². The Morgan fingerprint density at radius 1 is 1.38 bits per heavy atom. The van der Waals surface area contributed by atoms with Gasteiger partial charge < -0.3 is 10.0 Å². The molecule has 1 N–H and O–H groups in total. The minimum atomic E-state index is -4.62. The third-order valence-corrected chi connectivity index (χ3v) is 3.78. The number of carbonyl (C=O) groups is 1. The van der Waals surface area contributed by atoms with Gasteiger partial charge in [-0.1, -0.05) is 11.6 Å². The van der Waals surface area contributed by atoms with Gasteiger partial charge in [0, 0.05) is 19.3 Å². The fourth-order valence-corrected chi connectivity index (χ4v) is 2.46. The van der Waals surface area contributed by atoms with Gasteiger partial charge in [0.25, 0.3) is 5.91 Å². The molecule has 1 aliphatic rings. The lowest BCUT2D eigenvalue weighted by atomic mass is 9.91. The number of aromatic nitrogens is 1. The minimum absolute atomic E-state index is 0.111. The Morgan fingerprint density at radius 2 is 2.00 bits per heavy atom. The fraction of sp³-hybridized carbons (Fsp3) is 0.538. The summed E-state index contributed by atoms with van der Waals surface area (Å²) in [5.74, 6) is -1.21. The first-order chi connectivity index (χ1) is 9.79. The molecule has 8 heteroatoms. The quantitative estimate of drug-likeness (QED) is 0.910. The van der Waals surface area contributed by atoms with Crippen LogP contribution in [0.1, 0.15) is 23.3 Å². The molecule has 2 rings (SSSR count). The number of halogens is 4. The van der Waals surface area contributed by atoms with Crippen LogP contribution >= 0.6 is 11.6 Å². The molecule has 0 aromatic carbocycles. The minimum Gasteiger partial charge on any atom is -0.383 e. The fourth-order valence-electron chi connectivity index (χ4n) is 2.35. The van der Waals surface area contributed by atoms with Crippen LogP contribution < -0.4 is 0 Å². The highest BCUT2D eigenvalue weighted by Gasteiger charge is 2.44. The number of carbonyl (C=O) groups excluding carboxylic acids is 1. The van der Waals surface area contributed by atoms with Crippen LogP contribution in [0.25, 0.3) is 0 Å². The van der Waals surface area contributed by atoms with Crippen LogP contribution in [0.4, 0.5) is 13.2 Å². The molecule has 0 spiro atoms. The van der Waals surface area contributed by atoms with Crippen molar-refractivity contribution in [3.63, 3.8) is 0 Å². The van der Waals surface area contributed by atoms with Crippen LogP contribution in [-0.2, 0) is 0 Å². The van der Waals surface area contributed by atoms with Crippen molar-refractivity contribution in [1.82, 2.24) is 9.88 Å². The van der Waals surface area contributed by atoms with Gasteiger partial charge in [-0.2, -0.15) is 13.2 Å². The van der Waals surface area contributed by atoms with Crippen LogP contribution in [0.3, 0.4) is 0 Å². The SMILES string of the molecule is O=C(c1ccc(Cl)cn1)N1CCC(C(O)C(F)(F)F)CC1. The molecule has 1 aliphatic heterocycles. The summed E-state index contributed by atoms with van der Waals surface area (Å²) in [6.07, 6.45) is -5.38. The van der Waals surface area contributed by atoms with E-state index in [0.29, 0.717) is 5.02 Å². The maximum absolute atomic E-state index is 12.4. The van der Waals surface area contributed by atoms with Gasteiger partial charge >= 0.3 is 6.18 Å². The van der Waals surface area contributed by atoms with E-state index >= 15 is 0 Å². The van der Waals surface area contributed by atoms with Gasteiger partial charge in [-0.15, -0.1) is 0 Å². The molecule has 0 bridgehead atoms. The standard InChI is InChI=1S/C13H14ClF3N2O2/c14-9-1-2-10(18-7-9)12(21)19-5-3-8(4-6-19)11(20)13(15,16)17/h1-2,7-8,11,20H,3-6H2. The van der Waals surface area contributed by atoms with E-state index in [-0.39, 0.29) is 37.5 Å². The topological polar surface area (TPSA) is 53.4 Å². The van der Waals surface area contributed by atoms with Gasteiger partial charge in [0.05, 0.1) is 5.02 Å². The largest absolute Gasteiger partial charge is 0.414 e. The Bertz CT molecular complexity index is 499. The zero-order chi connectivity index (χ0) is 15.6. The first-order valence-corrected chi connectivity index (χ1v) is 6.82. The molecule has 21 heavy (non-hydrogen) atoms. The number of alkyl halides is 3. The molecule has 1 saturated heterocycles. The summed E-state index contributed by atoms with van der Waals surface area (Å²) in [6, 6.07) is 3.00. The molecule has 0 saturated carbocycles. The second-order valence-corrected chi connectivity index (χ2v) is 5.41. The molecule has 4 nitrogen and oxygen atoms in total. The number of rotatable bonds is 2. The molecule has 1 aromatic heterocycles. The highest BCUT2D eigenvalue weighted by Crippen LogP contribution is 2.31. The molecule has 0 radical (unpaired) electrons. The molecule has 1 aromatic rings. The lowest BCUT2D eigenvalue weighted by Gasteiger charge is -2.34. The predicted molar refractivity (Wildman–Crippen MR) is 69.9 cm³/mol. The smallest absolute Gasteiger partial charge is 0.383 e. The van der Waals surface area contributed by atoms with Crippen molar-refractivity contribution in [2.75, 3.05) is 13.1 Å². The second-order valence-electron chi connectivity index (χ2n) is 4.98. The Morgan fingerprint density at radius 3 is 2.48 bits per heavy atom. The number of pyridine rings is 1. The number of aliphatic hydroxyl groups is 1. The van der Waals surface area contributed by atoms with Gasteiger partial charge in [0.2, 0.25) is 0 Å². The van der Waals surface area contributed by atoms with Crippen LogP contribution in [-0.4, -0.2) is 46.3 Å². The van der Waals surface area contributed by atoms with Crippen LogP contribution in [0, 0.1) is 5.92 Å². The predicted octanol–water partition coefficient (Wildman–Crippen LogP) is 2.51. The van der Waals surface area contributed by atoms with Crippen molar-refractivity contribution >= 4 is 17.5 Å². The first-order valence-electron chi connectivity index (χ1n) is 6.44. The number of aliphatic hydroxyl groups excluding tert-OH is 1. The highest BCUT2D eigenvalue weighted by molar-refractivity contribution is 6.30. The van der Waals surface area contributed by atoms with Gasteiger partial charge in [-0.05, 0) is 30.9 Å². The summed E-state index contributed by atoms with van der Waals surface area (Å²) in [5, 5.41) is 9.63. The zero-order valence-corrected chi connectivity index (χ0v) is 11.7. The number of piperidine rings is 1. The van der Waals surface area contributed by atoms with E-state index in [1.807, 2.05) is 0 Å². The van der Waals surface area contributed by atoms with E-state index in [9.17, 15) is 23.1 Å². The summed E-state index contributed by atoms with van der Waals surface area (Å²) >= 11 is 5.68. The zero-order valence-electron chi connectivity index (χ0n) is 11.0. The molecule has 1 unspecified atom stereocenters. The summed E-state index contributed by atoms with van der Waals surface area (Å²) in [7, 11) is 0. The van der Waals surface area contributed by atoms with E-state index in [1.165, 1.54) is 23.2 Å². The summed E-state index contributed by atoms with van der Waals surface area (Å²) in [6.45, 7) is 0.335. The Hall–Kier alpha value is -1.34. The van der Waals surface area contributed by atoms with Crippen molar-refractivity contribution in [2.45, 2.75) is 25.1 Å². The van der Waals surface area contributed by atoms with Crippen molar-refractivity contribution in [2.24, 2.45) is 5.92 Å². The molecule has 116 valence electrons. The van der Waals surface area contributed by atoms with E-state index in [2.05, 4.69) is 4.98 Å². The van der Waals surface area contributed by atoms with Crippen molar-refractivity contribution < 1.29 is 23.1 Å². The Labute approximate surface area is 124 Å². The number of amides is 1. The normalized spacial score (nSPS) is 18.6. The Kier molecular flexibility index (Phi) is 4.73. The van der Waals surface area contributed by atoms with Crippen molar-refractivity contribution in [3.05, 3.63) is 29.0 Å². The maximum atomic E-state index is 12.4. The lowest BCUT2D eigenvalue weighted by Crippen LogP contribution is -2.45. The Balaban J connectivity index is 1.95. The lowest BCUT2D eigenvalue weighted by molar-refractivity contribution is -0.222. The molecule has 1 amide bonds. The molecule has 2 heterocycles. The average molecular weight is 323 g/mol. The van der Waals surface area contributed by atoms with E-state index in [1.54, 1.807) is 0 Å². The third kappa shape index (κ3) is 3.85. The van der Waals surface area contributed by atoms with Crippen LogP contribution in [0.5, 0.6) is 0 Å². The summed E-state index contributed by atoms with van der Waals surface area (Å²) in [4.78, 5) is 17.5. The number of hydrogen-bond acceptors (Lipinski definition) is 3. The second kappa shape index (κ2) is 6.19. The van der Waals surface area contributed by atoms with Gasteiger partial charge in [0.1, 0.15) is 5.69 Å². The number of nitrogens with zero attached hydrogens (tertiary/aromatic N) is 2. The van der Waals surface area contributed by atoms with Gasteiger partial charge in [-0.25, -0.2) is 4.98 Å². The average Bonchev–Trinajstić information content (AvgIpc) is 2.46. The molecule has 1 fully saturated rings. The molecule has 0 aliphatic carbocycles. The molecular formula is C13H14ClF3N2O2. The van der Waals surface area contributed by atoms with E-state index < -0.39 is 18.2 Å². The van der Waals surface area contributed by atoms with Gasteiger partial charge in [0.15, 0.2) is 6.10 Å². The van der Waals surface area contributed by atoms with Crippen LogP contribution in [0.2, 0.25) is 5.02 Å². The molecule has 1 atom stereocenters. The highest BCUT2D eigenvalue weighted by atomic mass is 35.5. The van der Waals surface area contributed by atoms with Crippen molar-refractivity contribution in [3.8, 4) is 0 Å². The van der Waals surface area contributed by atoms with E-state index in [4.69, 9.17) is 11.6 Å². The first kappa shape index (κ1) is 16.0.